The van der Waals surface area contributed by atoms with E-state index in [1.54, 1.807) is 37.6 Å². The fourth-order valence-corrected chi connectivity index (χ4v) is 5.40. The van der Waals surface area contributed by atoms with Crippen LogP contribution in [0.15, 0.2) is 59.5 Å². The number of amides is 1. The molecule has 0 radical (unpaired) electrons. The van der Waals surface area contributed by atoms with Crippen molar-refractivity contribution >= 4 is 5.91 Å². The molecule has 212 valence electrons. The second-order valence-corrected chi connectivity index (χ2v) is 10.3. The van der Waals surface area contributed by atoms with E-state index in [0.29, 0.717) is 49.8 Å². The Morgan fingerprint density at radius 2 is 2.07 bits per heavy atom. The van der Waals surface area contributed by atoms with Crippen molar-refractivity contribution in [3.05, 3.63) is 89.1 Å². The summed E-state index contributed by atoms with van der Waals surface area (Å²) in [5.74, 6) is 0.402. The van der Waals surface area contributed by atoms with Gasteiger partial charge in [0.15, 0.2) is 5.82 Å². The number of aromatic nitrogens is 4. The maximum absolute atomic E-state index is 13.0. The third kappa shape index (κ3) is 6.22. The van der Waals surface area contributed by atoms with Crippen LogP contribution in [0.3, 0.4) is 0 Å². The van der Waals surface area contributed by atoms with Crippen molar-refractivity contribution < 1.29 is 27.2 Å². The molecule has 4 aromatic rings. The molecular weight excluding hydrogens is 537 g/mol. The fourth-order valence-electron chi connectivity index (χ4n) is 5.40. The maximum Gasteiger partial charge on any atom is 0.573 e. The Morgan fingerprint density at radius 3 is 2.83 bits per heavy atom. The van der Waals surface area contributed by atoms with Gasteiger partial charge in [0.2, 0.25) is 11.8 Å². The quantitative estimate of drug-likeness (QED) is 0.328. The van der Waals surface area contributed by atoms with E-state index >= 15 is 0 Å². The molecule has 2 aliphatic rings. The van der Waals surface area contributed by atoms with Crippen molar-refractivity contribution in [3.8, 4) is 16.9 Å². The summed E-state index contributed by atoms with van der Waals surface area (Å²) >= 11 is 0. The standard InChI is InChI=1S/C29H27F3N6O3/c1-17-36-28(41-37-17)25-12-24(25)27(39)35-13-19-5-6-22(18-3-2-4-21(11-18)40-29(30,31)32)23-7-10-38(16-26(19)23)15-20-14-33-8-9-34-20/h2-6,8-9,11,14,24-25H,7,10,12-13,15-16H2,1H3,(H,35,39)/t24-,25-/m1/s1. The van der Waals surface area contributed by atoms with Crippen molar-refractivity contribution in [1.82, 2.24) is 30.3 Å². The molecule has 1 aliphatic carbocycles. The molecule has 9 nitrogen and oxygen atoms in total. The number of nitrogens with zero attached hydrogens (tertiary/aromatic N) is 5. The molecule has 0 spiro atoms. The number of benzene rings is 2. The lowest BCUT2D eigenvalue weighted by Gasteiger charge is -2.32. The highest BCUT2D eigenvalue weighted by Crippen LogP contribution is 2.47. The SMILES string of the molecule is Cc1noc([C@@H]2C[C@H]2C(=O)NCc2ccc(-c3cccc(OC(F)(F)F)c3)c3c2CN(Cc2cnccn2)CC3)n1. The molecule has 41 heavy (non-hydrogen) atoms. The molecule has 1 N–H and O–H groups in total. The Labute approximate surface area is 233 Å². The first-order valence-electron chi connectivity index (χ1n) is 13.3. The number of hydrogen-bond acceptors (Lipinski definition) is 8. The van der Waals surface area contributed by atoms with Gasteiger partial charge < -0.3 is 14.6 Å². The van der Waals surface area contributed by atoms with Crippen LogP contribution in [0, 0.1) is 12.8 Å². The normalized spacial score (nSPS) is 18.5. The zero-order valence-electron chi connectivity index (χ0n) is 22.2. The highest BCUT2D eigenvalue weighted by atomic mass is 19.4. The summed E-state index contributed by atoms with van der Waals surface area (Å²) in [6, 6.07) is 9.87. The molecule has 6 rings (SSSR count). The largest absolute Gasteiger partial charge is 0.573 e. The molecule has 0 bridgehead atoms. The molecule has 0 unspecified atom stereocenters. The minimum atomic E-state index is -4.77. The second-order valence-electron chi connectivity index (χ2n) is 10.3. The Balaban J connectivity index is 1.25. The molecule has 2 aromatic carbocycles. The maximum atomic E-state index is 13.0. The number of fused-ring (bicyclic) bond motifs is 1. The van der Waals surface area contributed by atoms with Crippen molar-refractivity contribution in [2.75, 3.05) is 6.54 Å². The number of halogens is 3. The summed E-state index contributed by atoms with van der Waals surface area (Å²) in [4.78, 5) is 28.0. The number of hydrogen-bond donors (Lipinski definition) is 1. The zero-order valence-corrected chi connectivity index (χ0v) is 22.2. The van der Waals surface area contributed by atoms with Gasteiger partial charge in [-0.3, -0.25) is 19.7 Å². The van der Waals surface area contributed by atoms with E-state index < -0.39 is 6.36 Å². The highest BCUT2D eigenvalue weighted by molar-refractivity contribution is 5.82. The molecule has 12 heteroatoms. The lowest BCUT2D eigenvalue weighted by molar-refractivity contribution is -0.274. The van der Waals surface area contributed by atoms with E-state index in [4.69, 9.17) is 4.52 Å². The summed E-state index contributed by atoms with van der Waals surface area (Å²) < 4.78 is 48.0. The third-order valence-corrected chi connectivity index (χ3v) is 7.41. The molecule has 0 saturated heterocycles. The van der Waals surface area contributed by atoms with Gasteiger partial charge >= 0.3 is 6.36 Å². The first kappa shape index (κ1) is 26.9. The summed E-state index contributed by atoms with van der Waals surface area (Å²) in [5, 5.41) is 6.87. The summed E-state index contributed by atoms with van der Waals surface area (Å²) in [6.07, 6.45) is 1.58. The van der Waals surface area contributed by atoms with Crippen LogP contribution >= 0.6 is 0 Å². The molecule has 2 aromatic heterocycles. The van der Waals surface area contributed by atoms with Crippen LogP contribution in [0.5, 0.6) is 5.75 Å². The monoisotopic (exact) mass is 564 g/mol. The van der Waals surface area contributed by atoms with E-state index in [0.717, 1.165) is 34.5 Å². The van der Waals surface area contributed by atoms with Crippen molar-refractivity contribution in [3.63, 3.8) is 0 Å². The number of alkyl halides is 3. The van der Waals surface area contributed by atoms with Gasteiger partial charge in [-0.25, -0.2) is 0 Å². The highest BCUT2D eigenvalue weighted by Gasteiger charge is 2.47. The number of rotatable bonds is 8. The average molecular weight is 565 g/mol. The molecule has 1 fully saturated rings. The number of nitrogens with one attached hydrogen (secondary N) is 1. The Hall–Kier alpha value is -4.32. The van der Waals surface area contributed by atoms with Crippen molar-refractivity contribution in [2.24, 2.45) is 5.92 Å². The number of ether oxygens (including phenoxy) is 1. The van der Waals surface area contributed by atoms with Crippen molar-refractivity contribution in [2.45, 2.75) is 51.7 Å². The van der Waals surface area contributed by atoms with Crippen LogP contribution in [0.4, 0.5) is 13.2 Å². The minimum Gasteiger partial charge on any atom is -0.406 e. The number of carbonyl (C=O) groups is 1. The molecular formula is C29H27F3N6O3. The van der Waals surface area contributed by atoms with E-state index in [2.05, 4.69) is 35.1 Å². The summed E-state index contributed by atoms with van der Waals surface area (Å²) in [6.45, 7) is 4.00. The summed E-state index contributed by atoms with van der Waals surface area (Å²) in [7, 11) is 0. The number of carbonyl (C=O) groups excluding carboxylic acids is 1. The first-order valence-corrected chi connectivity index (χ1v) is 13.3. The van der Waals surface area contributed by atoms with Gasteiger partial charge in [-0.05, 0) is 59.7 Å². The minimum absolute atomic E-state index is 0.0684. The van der Waals surface area contributed by atoms with E-state index in [9.17, 15) is 18.0 Å². The fraction of sp³-hybridized carbons (Fsp3) is 0.345. The van der Waals surface area contributed by atoms with Crippen LogP contribution < -0.4 is 10.1 Å². The van der Waals surface area contributed by atoms with E-state index in [-0.39, 0.29) is 23.5 Å². The number of aryl methyl sites for hydroxylation is 1. The zero-order chi connectivity index (χ0) is 28.6. The van der Waals surface area contributed by atoms with E-state index in [1.807, 2.05) is 12.1 Å². The van der Waals surface area contributed by atoms with Gasteiger partial charge in [0, 0.05) is 44.8 Å². The summed E-state index contributed by atoms with van der Waals surface area (Å²) in [5.41, 5.74) is 5.36. The molecule has 1 saturated carbocycles. The van der Waals surface area contributed by atoms with Crippen LogP contribution in [0.25, 0.3) is 11.1 Å². The molecule has 3 heterocycles. The molecule has 1 aliphatic heterocycles. The van der Waals surface area contributed by atoms with Crippen LogP contribution in [0.2, 0.25) is 0 Å². The van der Waals surface area contributed by atoms with Crippen molar-refractivity contribution in [1.29, 1.82) is 0 Å². The topological polar surface area (TPSA) is 106 Å². The molecule has 1 amide bonds. The van der Waals surface area contributed by atoms with E-state index in [1.165, 1.54) is 12.1 Å². The molecule has 2 atom stereocenters. The van der Waals surface area contributed by atoms with Crippen LogP contribution in [-0.4, -0.2) is 43.8 Å². The van der Waals surface area contributed by atoms with Crippen LogP contribution in [-0.2, 0) is 30.8 Å². The van der Waals surface area contributed by atoms with Gasteiger partial charge in [-0.2, -0.15) is 4.98 Å². The lowest BCUT2D eigenvalue weighted by Crippen LogP contribution is -2.33. The van der Waals surface area contributed by atoms with Gasteiger partial charge in [0.25, 0.3) is 0 Å². The van der Waals surface area contributed by atoms with Gasteiger partial charge in [-0.1, -0.05) is 29.4 Å². The smallest absolute Gasteiger partial charge is 0.406 e. The predicted octanol–water partition coefficient (Wildman–Crippen LogP) is 4.71. The van der Waals surface area contributed by atoms with Gasteiger partial charge in [0.1, 0.15) is 5.75 Å². The second kappa shape index (κ2) is 10.9. The first-order chi connectivity index (χ1) is 19.7. The lowest BCUT2D eigenvalue weighted by atomic mass is 9.87. The van der Waals surface area contributed by atoms with Gasteiger partial charge in [0.05, 0.1) is 17.5 Å². The third-order valence-electron chi connectivity index (χ3n) is 7.41. The average Bonchev–Trinajstić information content (AvgIpc) is 3.64. The van der Waals surface area contributed by atoms with Crippen LogP contribution in [0.1, 0.15) is 46.4 Å². The Morgan fingerprint density at radius 1 is 1.20 bits per heavy atom. The Kier molecular flexibility index (Phi) is 7.16. The van der Waals surface area contributed by atoms with Gasteiger partial charge in [-0.15, -0.1) is 13.2 Å². The Bertz CT molecular complexity index is 1560. The predicted molar refractivity (Wildman–Crippen MR) is 140 cm³/mol.